The SMILES string of the molecule is COc1c(CC(C)(C)N)ccc(F)c1Cl. The summed E-state index contributed by atoms with van der Waals surface area (Å²) in [5.41, 5.74) is 6.32. The largest absolute Gasteiger partial charge is 0.495 e. The lowest BCUT2D eigenvalue weighted by Gasteiger charge is -2.20. The highest BCUT2D eigenvalue weighted by atomic mass is 35.5. The maximum atomic E-state index is 13.1. The van der Waals surface area contributed by atoms with Gasteiger partial charge >= 0.3 is 0 Å². The Morgan fingerprint density at radius 1 is 1.47 bits per heavy atom. The molecule has 0 atom stereocenters. The molecule has 1 rings (SSSR count). The lowest BCUT2D eigenvalue weighted by Crippen LogP contribution is -2.34. The fourth-order valence-corrected chi connectivity index (χ4v) is 1.68. The molecule has 2 nitrogen and oxygen atoms in total. The summed E-state index contributed by atoms with van der Waals surface area (Å²) in [7, 11) is 1.47. The third-order valence-electron chi connectivity index (χ3n) is 1.98. The zero-order valence-corrected chi connectivity index (χ0v) is 9.86. The van der Waals surface area contributed by atoms with E-state index in [2.05, 4.69) is 0 Å². The monoisotopic (exact) mass is 231 g/mol. The second-order valence-electron chi connectivity index (χ2n) is 4.22. The molecule has 0 saturated heterocycles. The topological polar surface area (TPSA) is 35.2 Å². The van der Waals surface area contributed by atoms with Gasteiger partial charge in [0.15, 0.2) is 0 Å². The van der Waals surface area contributed by atoms with Crippen molar-refractivity contribution in [2.75, 3.05) is 7.11 Å². The summed E-state index contributed by atoms with van der Waals surface area (Å²) in [6.07, 6.45) is 0.580. The first-order chi connectivity index (χ1) is 6.85. The van der Waals surface area contributed by atoms with E-state index >= 15 is 0 Å². The van der Waals surface area contributed by atoms with Crippen LogP contribution in [0.15, 0.2) is 12.1 Å². The predicted molar refractivity (Wildman–Crippen MR) is 59.9 cm³/mol. The molecule has 1 aromatic rings. The summed E-state index contributed by atoms with van der Waals surface area (Å²) in [5, 5.41) is 0.0132. The van der Waals surface area contributed by atoms with Gasteiger partial charge in [-0.05, 0) is 31.9 Å². The molecule has 15 heavy (non-hydrogen) atoms. The van der Waals surface area contributed by atoms with Crippen LogP contribution >= 0.6 is 11.6 Å². The van der Waals surface area contributed by atoms with E-state index in [9.17, 15) is 4.39 Å². The van der Waals surface area contributed by atoms with Gasteiger partial charge in [0.1, 0.15) is 16.6 Å². The minimum Gasteiger partial charge on any atom is -0.495 e. The molecule has 84 valence electrons. The van der Waals surface area contributed by atoms with E-state index < -0.39 is 5.82 Å². The molecule has 0 fully saturated rings. The highest BCUT2D eigenvalue weighted by molar-refractivity contribution is 6.32. The minimum absolute atomic E-state index is 0.0132. The lowest BCUT2D eigenvalue weighted by atomic mass is 9.95. The second-order valence-corrected chi connectivity index (χ2v) is 4.60. The average Bonchev–Trinajstić information content (AvgIpc) is 2.10. The third-order valence-corrected chi connectivity index (χ3v) is 2.33. The Hall–Kier alpha value is -0.800. The smallest absolute Gasteiger partial charge is 0.145 e. The molecule has 0 spiro atoms. The van der Waals surface area contributed by atoms with Crippen LogP contribution in [-0.4, -0.2) is 12.6 Å². The van der Waals surface area contributed by atoms with E-state index in [1.807, 2.05) is 13.8 Å². The van der Waals surface area contributed by atoms with Crippen molar-refractivity contribution in [3.8, 4) is 5.75 Å². The first-order valence-electron chi connectivity index (χ1n) is 4.65. The van der Waals surface area contributed by atoms with Crippen LogP contribution in [-0.2, 0) is 6.42 Å². The summed E-state index contributed by atoms with van der Waals surface area (Å²) in [5.74, 6) is -0.109. The number of ether oxygens (including phenoxy) is 1. The van der Waals surface area contributed by atoms with Crippen molar-refractivity contribution >= 4 is 11.6 Å². The lowest BCUT2D eigenvalue weighted by molar-refractivity contribution is 0.399. The Labute approximate surface area is 94.2 Å². The van der Waals surface area contributed by atoms with Crippen LogP contribution < -0.4 is 10.5 Å². The summed E-state index contributed by atoms with van der Waals surface area (Å²) in [6.45, 7) is 3.79. The van der Waals surface area contributed by atoms with E-state index in [0.29, 0.717) is 12.2 Å². The van der Waals surface area contributed by atoms with Crippen LogP contribution in [0.1, 0.15) is 19.4 Å². The molecule has 0 radical (unpaired) electrons. The Kier molecular flexibility index (Phi) is 3.58. The Morgan fingerprint density at radius 2 is 2.07 bits per heavy atom. The van der Waals surface area contributed by atoms with Crippen LogP contribution in [0.25, 0.3) is 0 Å². The Balaban J connectivity index is 3.14. The molecule has 0 aromatic heterocycles. The zero-order chi connectivity index (χ0) is 11.6. The quantitative estimate of drug-likeness (QED) is 0.868. The van der Waals surface area contributed by atoms with Crippen molar-refractivity contribution in [3.63, 3.8) is 0 Å². The molecule has 1 aromatic carbocycles. The molecule has 0 aliphatic rings. The van der Waals surface area contributed by atoms with Crippen molar-refractivity contribution in [2.45, 2.75) is 25.8 Å². The van der Waals surface area contributed by atoms with E-state index in [4.69, 9.17) is 22.1 Å². The van der Waals surface area contributed by atoms with E-state index in [-0.39, 0.29) is 10.6 Å². The van der Waals surface area contributed by atoms with Gasteiger partial charge in [0, 0.05) is 5.54 Å². The van der Waals surface area contributed by atoms with Gasteiger partial charge in [-0.2, -0.15) is 0 Å². The number of benzene rings is 1. The predicted octanol–water partition coefficient (Wildman–Crippen LogP) is 2.77. The molecular formula is C11H15ClFNO. The summed E-state index contributed by atoms with van der Waals surface area (Å²) >= 11 is 5.79. The van der Waals surface area contributed by atoms with E-state index in [0.717, 1.165) is 5.56 Å². The highest BCUT2D eigenvalue weighted by Gasteiger charge is 2.18. The van der Waals surface area contributed by atoms with E-state index in [1.165, 1.54) is 13.2 Å². The number of rotatable bonds is 3. The maximum absolute atomic E-state index is 13.1. The molecule has 0 amide bonds. The van der Waals surface area contributed by atoms with Crippen molar-refractivity contribution in [1.82, 2.24) is 0 Å². The first kappa shape index (κ1) is 12.3. The van der Waals surface area contributed by atoms with Crippen molar-refractivity contribution in [1.29, 1.82) is 0 Å². The van der Waals surface area contributed by atoms with Crippen LogP contribution in [0.5, 0.6) is 5.75 Å². The normalized spacial score (nSPS) is 11.6. The second kappa shape index (κ2) is 4.37. The van der Waals surface area contributed by atoms with Gasteiger partial charge in [-0.15, -0.1) is 0 Å². The van der Waals surface area contributed by atoms with Gasteiger partial charge in [-0.1, -0.05) is 17.7 Å². The molecule has 0 bridgehead atoms. The number of halogens is 2. The first-order valence-corrected chi connectivity index (χ1v) is 5.02. The fraction of sp³-hybridized carbons (Fsp3) is 0.455. The highest BCUT2D eigenvalue weighted by Crippen LogP contribution is 2.32. The number of nitrogens with two attached hydrogens (primary N) is 1. The molecule has 0 heterocycles. The standard InChI is InChI=1S/C11H15ClFNO/c1-11(2,14)6-7-4-5-8(13)9(12)10(7)15-3/h4-5H,6,14H2,1-3H3. The van der Waals surface area contributed by atoms with Crippen LogP contribution in [0.2, 0.25) is 5.02 Å². The van der Waals surface area contributed by atoms with Crippen LogP contribution in [0, 0.1) is 5.82 Å². The van der Waals surface area contributed by atoms with Gasteiger partial charge in [0.2, 0.25) is 0 Å². The van der Waals surface area contributed by atoms with Crippen molar-refractivity contribution in [3.05, 3.63) is 28.5 Å². The zero-order valence-electron chi connectivity index (χ0n) is 9.10. The summed E-state index contributed by atoms with van der Waals surface area (Å²) in [6, 6.07) is 2.97. The van der Waals surface area contributed by atoms with Crippen LogP contribution in [0.4, 0.5) is 4.39 Å². The van der Waals surface area contributed by atoms with Crippen molar-refractivity contribution in [2.24, 2.45) is 5.73 Å². The molecule has 0 aliphatic carbocycles. The van der Waals surface area contributed by atoms with Gasteiger partial charge in [-0.3, -0.25) is 0 Å². The van der Waals surface area contributed by atoms with Gasteiger partial charge in [0.25, 0.3) is 0 Å². The Bertz CT molecular complexity index is 360. The molecule has 0 saturated carbocycles. The molecule has 4 heteroatoms. The number of hydrogen-bond acceptors (Lipinski definition) is 2. The van der Waals surface area contributed by atoms with Crippen molar-refractivity contribution < 1.29 is 9.13 Å². The molecule has 0 unspecified atom stereocenters. The third kappa shape index (κ3) is 3.08. The van der Waals surface area contributed by atoms with E-state index in [1.54, 1.807) is 6.07 Å². The van der Waals surface area contributed by atoms with Crippen LogP contribution in [0.3, 0.4) is 0 Å². The molecule has 0 aliphatic heterocycles. The van der Waals surface area contributed by atoms with Gasteiger partial charge < -0.3 is 10.5 Å². The average molecular weight is 232 g/mol. The van der Waals surface area contributed by atoms with Gasteiger partial charge in [-0.25, -0.2) is 4.39 Å². The number of methoxy groups -OCH3 is 1. The summed E-state index contributed by atoms with van der Waals surface area (Å²) in [4.78, 5) is 0. The molecular weight excluding hydrogens is 217 g/mol. The minimum atomic E-state index is -0.480. The summed E-state index contributed by atoms with van der Waals surface area (Å²) < 4.78 is 18.2. The Morgan fingerprint density at radius 3 is 2.53 bits per heavy atom. The van der Waals surface area contributed by atoms with Gasteiger partial charge in [0.05, 0.1) is 7.11 Å². The maximum Gasteiger partial charge on any atom is 0.145 e. The molecule has 2 N–H and O–H groups in total. The number of hydrogen-bond donors (Lipinski definition) is 1. The fourth-order valence-electron chi connectivity index (χ4n) is 1.42.